The third-order valence-electron chi connectivity index (χ3n) is 6.47. The number of nitrogens with zero attached hydrogens (tertiary/aromatic N) is 1. The first kappa shape index (κ1) is 24.6. The fourth-order valence-corrected chi connectivity index (χ4v) is 4.68. The van der Waals surface area contributed by atoms with Gasteiger partial charge in [0.1, 0.15) is 11.9 Å². The van der Waals surface area contributed by atoms with Crippen LogP contribution >= 0.6 is 12.4 Å². The minimum atomic E-state index is -0.918. The molecule has 35 heavy (non-hydrogen) atoms. The van der Waals surface area contributed by atoms with E-state index >= 15 is 0 Å². The lowest BCUT2D eigenvalue weighted by atomic mass is 9.99. The highest BCUT2D eigenvalue weighted by atomic mass is 35.5. The molecular weight excluding hydrogens is 460 g/mol. The monoisotopic (exact) mass is 488 g/mol. The van der Waals surface area contributed by atoms with Crippen LogP contribution in [0.4, 0.5) is 11.4 Å². The fraction of sp³-hybridized carbons (Fsp3) is 0.207. The Bertz CT molecular complexity index is 1300. The van der Waals surface area contributed by atoms with Gasteiger partial charge in [-0.3, -0.25) is 0 Å². The zero-order chi connectivity index (χ0) is 23.5. The second-order valence-electron chi connectivity index (χ2n) is 8.70. The Hall–Kier alpha value is -3.54. The average molecular weight is 489 g/mol. The number of carboxylic acids is 1. The van der Waals surface area contributed by atoms with Crippen molar-refractivity contribution < 1.29 is 14.6 Å². The third-order valence-corrected chi connectivity index (χ3v) is 6.47. The Balaban J connectivity index is 0.00000289. The quantitative estimate of drug-likeness (QED) is 0.307. The molecule has 2 N–H and O–H groups in total. The molecule has 1 aliphatic heterocycles. The summed E-state index contributed by atoms with van der Waals surface area (Å²) >= 11 is 0. The maximum Gasteiger partial charge on any atom is 0.335 e. The van der Waals surface area contributed by atoms with Gasteiger partial charge in [0.2, 0.25) is 0 Å². The summed E-state index contributed by atoms with van der Waals surface area (Å²) in [5, 5.41) is 15.4. The van der Waals surface area contributed by atoms with Gasteiger partial charge < -0.3 is 20.1 Å². The molecule has 5 rings (SSSR count). The van der Waals surface area contributed by atoms with Gasteiger partial charge in [-0.1, -0.05) is 54.6 Å². The van der Waals surface area contributed by atoms with Crippen LogP contribution in [0.5, 0.6) is 5.75 Å². The molecule has 0 saturated heterocycles. The normalized spacial score (nSPS) is 15.6. The molecule has 1 aliphatic rings. The number of benzene rings is 4. The summed E-state index contributed by atoms with van der Waals surface area (Å²) < 4.78 is 6.33. The number of carbonyl (C=O) groups is 1. The van der Waals surface area contributed by atoms with Gasteiger partial charge in [-0.2, -0.15) is 0 Å². The van der Waals surface area contributed by atoms with E-state index in [-0.39, 0.29) is 30.1 Å². The van der Waals surface area contributed by atoms with E-state index < -0.39 is 5.97 Å². The van der Waals surface area contributed by atoms with Gasteiger partial charge in [0.15, 0.2) is 0 Å². The van der Waals surface area contributed by atoms with Crippen LogP contribution in [-0.4, -0.2) is 30.3 Å². The van der Waals surface area contributed by atoms with Gasteiger partial charge in [-0.25, -0.2) is 4.79 Å². The number of fused-ring (bicyclic) bond motifs is 2. The van der Waals surface area contributed by atoms with E-state index in [4.69, 9.17) is 4.74 Å². The zero-order valence-corrected chi connectivity index (χ0v) is 20.4. The summed E-state index contributed by atoms with van der Waals surface area (Å²) in [6.07, 6.45) is 0.869. The molecule has 4 aromatic rings. The van der Waals surface area contributed by atoms with Crippen molar-refractivity contribution in [3.8, 4) is 5.75 Å². The van der Waals surface area contributed by atoms with E-state index in [2.05, 4.69) is 59.6 Å². The summed E-state index contributed by atoms with van der Waals surface area (Å²) in [6, 6.07) is 30.2. The smallest absolute Gasteiger partial charge is 0.335 e. The maximum absolute atomic E-state index is 11.2. The molecule has 0 aliphatic carbocycles. The van der Waals surface area contributed by atoms with Gasteiger partial charge in [0.05, 0.1) is 17.8 Å². The van der Waals surface area contributed by atoms with Crippen molar-refractivity contribution in [2.75, 3.05) is 18.0 Å². The van der Waals surface area contributed by atoms with Crippen LogP contribution in [0, 0.1) is 0 Å². The minimum Gasteiger partial charge on any atom is -0.486 e. The van der Waals surface area contributed by atoms with Crippen LogP contribution < -0.4 is 15.0 Å². The Morgan fingerprint density at radius 1 is 1.00 bits per heavy atom. The zero-order valence-electron chi connectivity index (χ0n) is 19.6. The molecule has 180 valence electrons. The van der Waals surface area contributed by atoms with E-state index in [0.717, 1.165) is 30.1 Å². The molecular formula is C29H29ClN2O3. The first-order valence-corrected chi connectivity index (χ1v) is 11.7. The number of halogens is 1. The molecule has 0 spiro atoms. The number of aromatic carboxylic acids is 1. The van der Waals surface area contributed by atoms with Gasteiger partial charge in [-0.05, 0) is 72.6 Å². The molecule has 0 radical (unpaired) electrons. The Morgan fingerprint density at radius 3 is 2.51 bits per heavy atom. The van der Waals surface area contributed by atoms with E-state index in [1.165, 1.54) is 16.3 Å². The van der Waals surface area contributed by atoms with Crippen LogP contribution in [-0.2, 0) is 0 Å². The second kappa shape index (κ2) is 10.8. The summed E-state index contributed by atoms with van der Waals surface area (Å²) in [7, 11) is 0. The van der Waals surface area contributed by atoms with E-state index in [9.17, 15) is 9.90 Å². The Morgan fingerprint density at radius 2 is 1.71 bits per heavy atom. The van der Waals surface area contributed by atoms with Gasteiger partial charge in [0, 0.05) is 11.7 Å². The molecule has 4 aromatic carbocycles. The topological polar surface area (TPSA) is 61.8 Å². The number of ether oxygens (including phenoxy) is 1. The predicted molar refractivity (Wildman–Crippen MR) is 143 cm³/mol. The first-order chi connectivity index (χ1) is 16.6. The highest BCUT2D eigenvalue weighted by molar-refractivity contribution is 5.88. The lowest BCUT2D eigenvalue weighted by molar-refractivity contribution is 0.0697. The van der Waals surface area contributed by atoms with Crippen LogP contribution in [0.2, 0.25) is 0 Å². The molecule has 0 aromatic heterocycles. The molecule has 2 atom stereocenters. The van der Waals surface area contributed by atoms with E-state index in [0.29, 0.717) is 6.54 Å². The highest BCUT2D eigenvalue weighted by Gasteiger charge is 2.26. The SMILES string of the molecule is C[C@@H](NCCC1CN(c2ccc(C(=O)O)cc2)c2ccccc2O1)c1cccc2ccccc12.Cl. The van der Waals surface area contributed by atoms with Crippen molar-refractivity contribution in [1.29, 1.82) is 0 Å². The fourth-order valence-electron chi connectivity index (χ4n) is 4.68. The van der Waals surface area contributed by atoms with Crippen molar-refractivity contribution in [2.45, 2.75) is 25.5 Å². The van der Waals surface area contributed by atoms with Crippen molar-refractivity contribution in [3.63, 3.8) is 0 Å². The Labute approximate surface area is 211 Å². The van der Waals surface area contributed by atoms with Gasteiger partial charge in [0.25, 0.3) is 0 Å². The average Bonchev–Trinajstić information content (AvgIpc) is 2.88. The van der Waals surface area contributed by atoms with E-state index in [1.807, 2.05) is 36.4 Å². The molecule has 6 heteroatoms. The Kier molecular flexibility index (Phi) is 7.59. The number of para-hydroxylation sites is 2. The lowest BCUT2D eigenvalue weighted by Crippen LogP contribution is -2.39. The maximum atomic E-state index is 11.2. The molecule has 0 bridgehead atoms. The van der Waals surface area contributed by atoms with Crippen molar-refractivity contribution in [2.24, 2.45) is 0 Å². The van der Waals surface area contributed by atoms with E-state index in [1.54, 1.807) is 12.1 Å². The molecule has 0 fully saturated rings. The van der Waals surface area contributed by atoms with Crippen LogP contribution in [0.3, 0.4) is 0 Å². The molecule has 0 amide bonds. The van der Waals surface area contributed by atoms with Gasteiger partial charge >= 0.3 is 5.97 Å². The molecule has 1 unspecified atom stereocenters. The minimum absolute atomic E-state index is 0. The largest absolute Gasteiger partial charge is 0.486 e. The van der Waals surface area contributed by atoms with Crippen molar-refractivity contribution >= 4 is 40.5 Å². The lowest BCUT2D eigenvalue weighted by Gasteiger charge is -2.36. The summed E-state index contributed by atoms with van der Waals surface area (Å²) in [5.74, 6) is -0.0682. The number of hydrogen-bond acceptors (Lipinski definition) is 4. The van der Waals surface area contributed by atoms with Crippen molar-refractivity contribution in [1.82, 2.24) is 5.32 Å². The molecule has 0 saturated carbocycles. The van der Waals surface area contributed by atoms with Crippen LogP contribution in [0.1, 0.15) is 35.3 Å². The summed E-state index contributed by atoms with van der Waals surface area (Å²) in [4.78, 5) is 13.5. The van der Waals surface area contributed by atoms with Crippen LogP contribution in [0.15, 0.2) is 91.0 Å². The number of anilines is 2. The predicted octanol–water partition coefficient (Wildman–Crippen LogP) is 6.60. The van der Waals surface area contributed by atoms with Crippen LogP contribution in [0.25, 0.3) is 10.8 Å². The van der Waals surface area contributed by atoms with Crippen molar-refractivity contribution in [3.05, 3.63) is 102 Å². The first-order valence-electron chi connectivity index (χ1n) is 11.7. The molecule has 1 heterocycles. The second-order valence-corrected chi connectivity index (χ2v) is 8.70. The standard InChI is InChI=1S/C29H28N2O3.ClH/c1-20(25-10-6-8-21-7-2-3-9-26(21)25)30-18-17-24-19-31(27-11-4-5-12-28(27)34-24)23-15-13-22(14-16-23)29(32)33;/h2-16,20,24,30H,17-19H2,1H3,(H,32,33);1H/t20-,24?;/m1./s1. The number of hydrogen-bond donors (Lipinski definition) is 2. The van der Waals surface area contributed by atoms with Gasteiger partial charge in [-0.15, -0.1) is 12.4 Å². The number of nitrogens with one attached hydrogen (secondary N) is 1. The third kappa shape index (κ3) is 5.26. The molecule has 5 nitrogen and oxygen atoms in total. The summed E-state index contributed by atoms with van der Waals surface area (Å²) in [5.41, 5.74) is 3.54. The highest BCUT2D eigenvalue weighted by Crippen LogP contribution is 2.38. The summed E-state index contributed by atoms with van der Waals surface area (Å²) in [6.45, 7) is 3.73. The number of carboxylic acid groups (broad SMARTS) is 1. The number of rotatable bonds is 7.